The lowest BCUT2D eigenvalue weighted by Crippen LogP contribution is -2.41. The van der Waals surface area contributed by atoms with Crippen LogP contribution in [0.3, 0.4) is 0 Å². The maximum absolute atomic E-state index is 13.3. The molecule has 160 valence electrons. The molecule has 4 aromatic rings. The topological polar surface area (TPSA) is 84.4 Å². The van der Waals surface area contributed by atoms with Gasteiger partial charge in [-0.1, -0.05) is 42.5 Å². The largest absolute Gasteiger partial charge is 0.467 e. The summed E-state index contributed by atoms with van der Waals surface area (Å²) in [6.07, 6.45) is 1.65. The molecule has 5 rings (SSSR count). The van der Waals surface area contributed by atoms with Crippen molar-refractivity contribution in [2.45, 2.75) is 19.4 Å². The number of fused-ring (bicyclic) bond motifs is 2. The number of ether oxygens (including phenoxy) is 1. The predicted octanol–water partition coefficient (Wildman–Crippen LogP) is 4.50. The number of aromatic nitrogens is 2. The minimum absolute atomic E-state index is 0.121. The highest BCUT2D eigenvalue weighted by Crippen LogP contribution is 2.37. The van der Waals surface area contributed by atoms with Gasteiger partial charge in [0, 0.05) is 23.4 Å². The number of amides is 2. The minimum Gasteiger partial charge on any atom is -0.467 e. The molecule has 7 nitrogen and oxygen atoms in total. The van der Waals surface area contributed by atoms with Crippen molar-refractivity contribution in [2.75, 3.05) is 16.8 Å². The summed E-state index contributed by atoms with van der Waals surface area (Å²) in [5.41, 5.74) is 3.28. The maximum Gasteiger partial charge on any atom is 0.265 e. The molecule has 1 atom stereocenters. The molecule has 8 heteroatoms. The molecule has 0 radical (unpaired) electrons. The fourth-order valence-corrected chi connectivity index (χ4v) is 4.86. The summed E-state index contributed by atoms with van der Waals surface area (Å²) in [7, 11) is 0. The molecule has 32 heavy (non-hydrogen) atoms. The van der Waals surface area contributed by atoms with Crippen molar-refractivity contribution in [1.82, 2.24) is 9.97 Å². The van der Waals surface area contributed by atoms with Crippen LogP contribution in [0.25, 0.3) is 21.3 Å². The Morgan fingerprint density at radius 3 is 2.78 bits per heavy atom. The Morgan fingerprint density at radius 1 is 1.16 bits per heavy atom. The molecule has 0 saturated heterocycles. The molecule has 0 unspecified atom stereocenters. The van der Waals surface area contributed by atoms with Gasteiger partial charge in [-0.25, -0.2) is 9.97 Å². The molecule has 0 saturated carbocycles. The zero-order chi connectivity index (χ0) is 22.1. The number of nitrogens with zero attached hydrogens (tertiary/aromatic N) is 3. The summed E-state index contributed by atoms with van der Waals surface area (Å²) in [4.78, 5) is 36.5. The van der Waals surface area contributed by atoms with Crippen LogP contribution in [0, 0.1) is 0 Å². The Bertz CT molecular complexity index is 1310. The fourth-order valence-electron chi connectivity index (χ4n) is 3.95. The van der Waals surface area contributed by atoms with E-state index in [1.807, 2.05) is 60.8 Å². The first kappa shape index (κ1) is 20.1. The molecule has 2 amide bonds. The van der Waals surface area contributed by atoms with Crippen molar-refractivity contribution >= 4 is 44.7 Å². The van der Waals surface area contributed by atoms with E-state index in [1.54, 1.807) is 11.0 Å². The van der Waals surface area contributed by atoms with E-state index < -0.39 is 0 Å². The van der Waals surface area contributed by atoms with Crippen LogP contribution in [0.2, 0.25) is 0 Å². The van der Waals surface area contributed by atoms with Gasteiger partial charge in [0.25, 0.3) is 5.91 Å². The van der Waals surface area contributed by atoms with Gasteiger partial charge in [0.1, 0.15) is 11.2 Å². The van der Waals surface area contributed by atoms with Gasteiger partial charge >= 0.3 is 0 Å². The minimum atomic E-state index is -0.304. The summed E-state index contributed by atoms with van der Waals surface area (Å²) >= 11 is 1.51. The highest BCUT2D eigenvalue weighted by molar-refractivity contribution is 7.17. The SMILES string of the molecule is C[C@H]1CC(=O)Nc2ccccc2N1C(=O)COc1ncnc2scc(-c3ccccc3)c12. The number of rotatable bonds is 4. The number of hydrogen-bond acceptors (Lipinski definition) is 6. The average molecular weight is 445 g/mol. The van der Waals surface area contributed by atoms with Crippen LogP contribution in [0.5, 0.6) is 5.88 Å². The van der Waals surface area contributed by atoms with Crippen molar-refractivity contribution < 1.29 is 14.3 Å². The van der Waals surface area contributed by atoms with E-state index in [0.717, 1.165) is 21.3 Å². The van der Waals surface area contributed by atoms with Crippen LogP contribution in [-0.2, 0) is 9.59 Å². The standard InChI is InChI=1S/C24H20N4O3S/c1-15-11-20(29)27-18-9-5-6-10-19(18)28(15)21(30)12-31-23-22-17(16-7-3-2-4-8-16)13-32-24(22)26-14-25-23/h2-10,13-15H,11-12H2,1H3,(H,27,29)/t15-/m0/s1. The smallest absolute Gasteiger partial charge is 0.265 e. The molecule has 0 fully saturated rings. The van der Waals surface area contributed by atoms with E-state index in [4.69, 9.17) is 4.74 Å². The molecule has 2 aromatic carbocycles. The summed E-state index contributed by atoms with van der Waals surface area (Å²) < 4.78 is 5.94. The van der Waals surface area contributed by atoms with Crippen molar-refractivity contribution in [3.63, 3.8) is 0 Å². The summed E-state index contributed by atoms with van der Waals surface area (Å²) in [6.45, 7) is 1.65. The van der Waals surface area contributed by atoms with E-state index in [9.17, 15) is 9.59 Å². The first-order valence-electron chi connectivity index (χ1n) is 10.2. The van der Waals surface area contributed by atoms with Gasteiger partial charge in [0.05, 0.1) is 16.8 Å². The lowest BCUT2D eigenvalue weighted by atomic mass is 10.1. The van der Waals surface area contributed by atoms with Gasteiger partial charge in [0.2, 0.25) is 11.8 Å². The summed E-state index contributed by atoms with van der Waals surface area (Å²) in [6, 6.07) is 16.9. The Kier molecular flexibility index (Phi) is 5.28. The molecule has 0 aliphatic carbocycles. The maximum atomic E-state index is 13.3. The van der Waals surface area contributed by atoms with E-state index in [1.165, 1.54) is 17.7 Å². The third kappa shape index (κ3) is 3.69. The monoisotopic (exact) mass is 444 g/mol. The van der Waals surface area contributed by atoms with Crippen molar-refractivity contribution in [3.05, 3.63) is 66.3 Å². The second-order valence-corrected chi connectivity index (χ2v) is 8.40. The van der Waals surface area contributed by atoms with E-state index in [0.29, 0.717) is 17.3 Å². The van der Waals surface area contributed by atoms with Gasteiger partial charge in [-0.2, -0.15) is 0 Å². The van der Waals surface area contributed by atoms with E-state index >= 15 is 0 Å². The average Bonchev–Trinajstić information content (AvgIpc) is 3.19. The normalized spacial score (nSPS) is 15.7. The Morgan fingerprint density at radius 2 is 1.94 bits per heavy atom. The third-order valence-corrected chi connectivity index (χ3v) is 6.27. The third-order valence-electron chi connectivity index (χ3n) is 5.38. The lowest BCUT2D eigenvalue weighted by molar-refractivity contribution is -0.121. The van der Waals surface area contributed by atoms with Crippen LogP contribution in [0.4, 0.5) is 11.4 Å². The van der Waals surface area contributed by atoms with Crippen LogP contribution < -0.4 is 15.0 Å². The van der Waals surface area contributed by atoms with Crippen molar-refractivity contribution in [3.8, 4) is 17.0 Å². The quantitative estimate of drug-likeness (QED) is 0.501. The van der Waals surface area contributed by atoms with E-state index in [2.05, 4.69) is 15.3 Å². The lowest BCUT2D eigenvalue weighted by Gasteiger charge is -2.27. The highest BCUT2D eigenvalue weighted by atomic mass is 32.1. The molecular formula is C24H20N4O3S. The van der Waals surface area contributed by atoms with Crippen LogP contribution in [0.1, 0.15) is 13.3 Å². The second kappa shape index (κ2) is 8.39. The zero-order valence-electron chi connectivity index (χ0n) is 17.3. The number of carbonyl (C=O) groups excluding carboxylic acids is 2. The molecule has 1 aliphatic rings. The predicted molar refractivity (Wildman–Crippen MR) is 125 cm³/mol. The van der Waals surface area contributed by atoms with Gasteiger partial charge in [0.15, 0.2) is 6.61 Å². The Balaban J connectivity index is 1.45. The molecule has 1 N–H and O–H groups in total. The number of nitrogens with one attached hydrogen (secondary N) is 1. The van der Waals surface area contributed by atoms with Gasteiger partial charge in [-0.05, 0) is 24.6 Å². The van der Waals surface area contributed by atoms with Crippen LogP contribution in [0.15, 0.2) is 66.3 Å². The van der Waals surface area contributed by atoms with Crippen LogP contribution in [-0.4, -0.2) is 34.4 Å². The Labute approximate surface area is 188 Å². The summed E-state index contributed by atoms with van der Waals surface area (Å²) in [5.74, 6) is 0.00238. The Hall–Kier alpha value is -3.78. The van der Waals surface area contributed by atoms with E-state index in [-0.39, 0.29) is 30.9 Å². The fraction of sp³-hybridized carbons (Fsp3) is 0.167. The highest BCUT2D eigenvalue weighted by Gasteiger charge is 2.30. The first-order valence-corrected chi connectivity index (χ1v) is 11.1. The van der Waals surface area contributed by atoms with Gasteiger partial charge < -0.3 is 15.0 Å². The number of hydrogen-bond donors (Lipinski definition) is 1. The number of carbonyl (C=O) groups is 2. The van der Waals surface area contributed by atoms with Gasteiger partial charge in [-0.15, -0.1) is 11.3 Å². The molecule has 1 aliphatic heterocycles. The number of para-hydroxylation sites is 2. The van der Waals surface area contributed by atoms with Crippen LogP contribution >= 0.6 is 11.3 Å². The van der Waals surface area contributed by atoms with Crippen molar-refractivity contribution in [2.24, 2.45) is 0 Å². The molecule has 0 bridgehead atoms. The second-order valence-electron chi connectivity index (χ2n) is 7.55. The number of benzene rings is 2. The zero-order valence-corrected chi connectivity index (χ0v) is 18.1. The molecule has 3 heterocycles. The summed E-state index contributed by atoms with van der Waals surface area (Å²) in [5, 5.41) is 5.68. The molecule has 0 spiro atoms. The van der Waals surface area contributed by atoms with Crippen molar-refractivity contribution in [1.29, 1.82) is 0 Å². The first-order chi connectivity index (χ1) is 15.6. The number of thiophene rings is 1. The number of anilines is 2. The molecular weight excluding hydrogens is 424 g/mol. The van der Waals surface area contributed by atoms with Gasteiger partial charge in [-0.3, -0.25) is 9.59 Å². The molecule has 2 aromatic heterocycles.